The Hall–Kier alpha value is 0.150. The lowest BCUT2D eigenvalue weighted by molar-refractivity contribution is 0.0334. The van der Waals surface area contributed by atoms with Crippen LogP contribution >= 0.6 is 45.2 Å². The van der Waals surface area contributed by atoms with Gasteiger partial charge in [-0.15, -0.1) is 0 Å². The first-order valence-electron chi connectivity index (χ1n) is 7.20. The fraction of sp³-hybridized carbons (Fsp3) is 0.562. The van der Waals surface area contributed by atoms with Crippen molar-refractivity contribution in [3.05, 3.63) is 33.4 Å². The van der Waals surface area contributed by atoms with Gasteiger partial charge in [0, 0.05) is 8.00 Å². The van der Waals surface area contributed by atoms with Crippen molar-refractivity contribution in [1.29, 1.82) is 0 Å². The molecule has 0 aliphatic rings. The highest BCUT2D eigenvalue weighted by Gasteiger charge is 2.16. The van der Waals surface area contributed by atoms with E-state index in [0.29, 0.717) is 5.56 Å². The van der Waals surface area contributed by atoms with Crippen LogP contribution in [0.4, 0.5) is 0 Å². The van der Waals surface area contributed by atoms with Crippen LogP contribution in [0.5, 0.6) is 0 Å². The summed E-state index contributed by atoms with van der Waals surface area (Å²) in [6.07, 6.45) is 7.25. The molecule has 1 atom stereocenters. The van der Waals surface area contributed by atoms with Crippen LogP contribution in [0.15, 0.2) is 24.3 Å². The van der Waals surface area contributed by atoms with Crippen molar-refractivity contribution in [2.75, 3.05) is 4.43 Å². The molecule has 4 heteroatoms. The molecule has 0 fully saturated rings. The molecule has 20 heavy (non-hydrogen) atoms. The first kappa shape index (κ1) is 18.2. The van der Waals surface area contributed by atoms with E-state index < -0.39 is 0 Å². The largest absolute Gasteiger partial charge is 0.458 e. The second-order valence-electron chi connectivity index (χ2n) is 4.86. The molecule has 0 heterocycles. The van der Waals surface area contributed by atoms with E-state index in [1.807, 2.05) is 24.3 Å². The molecule has 112 valence electrons. The molecular formula is C16H22I2O2. The van der Waals surface area contributed by atoms with Crippen LogP contribution in [0, 0.1) is 3.57 Å². The number of ether oxygens (including phenoxy) is 1. The zero-order chi connectivity index (χ0) is 14.8. The first-order valence-corrected chi connectivity index (χ1v) is 9.81. The molecule has 1 unspecified atom stereocenters. The molecule has 0 saturated carbocycles. The number of carbonyl (C=O) groups excluding carboxylic acids is 1. The number of alkyl halides is 1. The summed E-state index contributed by atoms with van der Waals surface area (Å²) in [5.74, 6) is -0.190. The molecule has 0 aliphatic carbocycles. The minimum Gasteiger partial charge on any atom is -0.458 e. The van der Waals surface area contributed by atoms with Crippen LogP contribution in [0.25, 0.3) is 0 Å². The molecule has 0 N–H and O–H groups in total. The second kappa shape index (κ2) is 10.8. The third kappa shape index (κ3) is 6.74. The first-order chi connectivity index (χ1) is 9.69. The maximum absolute atomic E-state index is 12.1. The fourth-order valence-electron chi connectivity index (χ4n) is 1.98. The van der Waals surface area contributed by atoms with Gasteiger partial charge in [-0.25, -0.2) is 4.79 Å². The van der Waals surface area contributed by atoms with Crippen LogP contribution < -0.4 is 0 Å². The third-order valence-electron chi connectivity index (χ3n) is 3.17. The number of halogens is 2. The predicted molar refractivity (Wildman–Crippen MR) is 101 cm³/mol. The zero-order valence-electron chi connectivity index (χ0n) is 11.9. The normalized spacial score (nSPS) is 12.2. The Morgan fingerprint density at radius 1 is 1.20 bits per heavy atom. The van der Waals surface area contributed by atoms with Crippen molar-refractivity contribution >= 4 is 51.2 Å². The van der Waals surface area contributed by atoms with E-state index in [9.17, 15) is 4.79 Å². The summed E-state index contributed by atoms with van der Waals surface area (Å²) in [4.78, 5) is 12.1. The Morgan fingerprint density at radius 2 is 1.90 bits per heavy atom. The Morgan fingerprint density at radius 3 is 2.55 bits per heavy atom. The highest BCUT2D eigenvalue weighted by molar-refractivity contribution is 14.1. The van der Waals surface area contributed by atoms with E-state index >= 15 is 0 Å². The van der Waals surface area contributed by atoms with E-state index in [1.165, 1.54) is 25.7 Å². The van der Waals surface area contributed by atoms with Gasteiger partial charge in [-0.3, -0.25) is 0 Å². The summed E-state index contributed by atoms with van der Waals surface area (Å²) in [7, 11) is 0. The molecule has 2 nitrogen and oxygen atoms in total. The monoisotopic (exact) mass is 500 g/mol. The van der Waals surface area contributed by atoms with Crippen LogP contribution in [0.1, 0.15) is 55.8 Å². The summed E-state index contributed by atoms with van der Waals surface area (Å²) in [6, 6.07) is 7.57. The Kier molecular flexibility index (Phi) is 9.84. The quantitative estimate of drug-likeness (QED) is 0.191. The topological polar surface area (TPSA) is 26.3 Å². The number of hydrogen-bond donors (Lipinski definition) is 0. The van der Waals surface area contributed by atoms with Crippen LogP contribution in [0.3, 0.4) is 0 Å². The molecule has 1 aromatic rings. The van der Waals surface area contributed by atoms with Crippen molar-refractivity contribution in [1.82, 2.24) is 0 Å². The van der Waals surface area contributed by atoms with E-state index in [4.69, 9.17) is 4.74 Å². The molecule has 1 aromatic carbocycles. The smallest absolute Gasteiger partial charge is 0.339 e. The molecule has 0 spiro atoms. The number of rotatable bonds is 9. The zero-order valence-corrected chi connectivity index (χ0v) is 16.2. The average Bonchev–Trinajstić information content (AvgIpc) is 2.46. The summed E-state index contributed by atoms with van der Waals surface area (Å²) in [5.41, 5.74) is 0.675. The molecular weight excluding hydrogens is 478 g/mol. The van der Waals surface area contributed by atoms with E-state index in [1.54, 1.807) is 0 Å². The molecule has 0 saturated heterocycles. The number of benzene rings is 1. The molecule has 0 aliphatic heterocycles. The van der Waals surface area contributed by atoms with Gasteiger partial charge < -0.3 is 4.74 Å². The van der Waals surface area contributed by atoms with Crippen molar-refractivity contribution in [2.45, 2.75) is 51.6 Å². The van der Waals surface area contributed by atoms with E-state index in [2.05, 4.69) is 52.1 Å². The molecule has 0 aromatic heterocycles. The summed E-state index contributed by atoms with van der Waals surface area (Å²) in [6.45, 7) is 2.22. The van der Waals surface area contributed by atoms with Gasteiger partial charge in [0.2, 0.25) is 0 Å². The van der Waals surface area contributed by atoms with Gasteiger partial charge in [-0.2, -0.15) is 0 Å². The van der Waals surface area contributed by atoms with Crippen molar-refractivity contribution in [3.63, 3.8) is 0 Å². The lowest BCUT2D eigenvalue weighted by Gasteiger charge is -2.16. The van der Waals surface area contributed by atoms with E-state index in [0.717, 1.165) is 20.8 Å². The highest BCUT2D eigenvalue weighted by Crippen LogP contribution is 2.17. The lowest BCUT2D eigenvalue weighted by Crippen LogP contribution is -2.20. The van der Waals surface area contributed by atoms with Crippen molar-refractivity contribution in [2.24, 2.45) is 0 Å². The van der Waals surface area contributed by atoms with Gasteiger partial charge in [-0.1, -0.05) is 67.3 Å². The van der Waals surface area contributed by atoms with Crippen molar-refractivity contribution < 1.29 is 9.53 Å². The SMILES string of the molecule is CCCCCCCC(CI)OC(=O)c1ccccc1I. The molecule has 0 bridgehead atoms. The number of hydrogen-bond acceptors (Lipinski definition) is 2. The maximum Gasteiger partial charge on any atom is 0.339 e. The maximum atomic E-state index is 12.1. The van der Waals surface area contributed by atoms with Gasteiger partial charge in [0.05, 0.1) is 5.56 Å². The van der Waals surface area contributed by atoms with Crippen LogP contribution in [0.2, 0.25) is 0 Å². The van der Waals surface area contributed by atoms with Crippen LogP contribution in [-0.2, 0) is 4.74 Å². The van der Waals surface area contributed by atoms with Crippen molar-refractivity contribution in [3.8, 4) is 0 Å². The highest BCUT2D eigenvalue weighted by atomic mass is 127. The Labute approximate surface area is 149 Å². The summed E-state index contributed by atoms with van der Waals surface area (Å²) in [5, 5.41) is 0. The fourth-order valence-corrected chi connectivity index (χ4v) is 3.21. The molecule has 0 amide bonds. The van der Waals surface area contributed by atoms with Gasteiger partial charge in [0.25, 0.3) is 0 Å². The molecule has 1 rings (SSSR count). The number of carbonyl (C=O) groups is 1. The van der Waals surface area contributed by atoms with Gasteiger partial charge in [-0.05, 0) is 47.6 Å². The number of esters is 1. The van der Waals surface area contributed by atoms with E-state index in [-0.39, 0.29) is 12.1 Å². The van der Waals surface area contributed by atoms with Gasteiger partial charge in [0.1, 0.15) is 6.10 Å². The second-order valence-corrected chi connectivity index (χ2v) is 6.91. The lowest BCUT2D eigenvalue weighted by atomic mass is 10.1. The van der Waals surface area contributed by atoms with Gasteiger partial charge >= 0.3 is 5.97 Å². The van der Waals surface area contributed by atoms with Gasteiger partial charge in [0.15, 0.2) is 0 Å². The summed E-state index contributed by atoms with van der Waals surface area (Å²) >= 11 is 4.48. The third-order valence-corrected chi connectivity index (χ3v) is 5.09. The number of unbranched alkanes of at least 4 members (excludes halogenated alkanes) is 4. The minimum absolute atomic E-state index is 0.0423. The summed E-state index contributed by atoms with van der Waals surface area (Å²) < 4.78 is 7.43. The van der Waals surface area contributed by atoms with Crippen LogP contribution in [-0.4, -0.2) is 16.5 Å². The predicted octanol–water partition coefficient (Wildman–Crippen LogP) is 5.61. The molecule has 0 radical (unpaired) electrons. The Balaban J connectivity index is 2.40. The Bertz CT molecular complexity index is 407. The standard InChI is InChI=1S/C16H22I2O2/c1-2-3-4-5-6-9-13(12-17)20-16(19)14-10-7-8-11-15(14)18/h7-8,10-11,13H,2-6,9,12H2,1H3. The average molecular weight is 500 g/mol. The minimum atomic E-state index is -0.190.